The van der Waals surface area contributed by atoms with Gasteiger partial charge in [0.2, 0.25) is 11.5 Å². The van der Waals surface area contributed by atoms with Gasteiger partial charge in [0.15, 0.2) is 23.0 Å². The molecule has 0 aliphatic heterocycles. The van der Waals surface area contributed by atoms with Crippen LogP contribution < -0.4 is 28.4 Å². The summed E-state index contributed by atoms with van der Waals surface area (Å²) in [4.78, 5) is 7.56. The Morgan fingerprint density at radius 1 is 0.576 bits per heavy atom. The summed E-state index contributed by atoms with van der Waals surface area (Å²) in [6, 6.07) is 7.49. The number of benzene rings is 2. The van der Waals surface area contributed by atoms with E-state index >= 15 is 0 Å². The Kier molecular flexibility index (Phi) is 7.86. The summed E-state index contributed by atoms with van der Waals surface area (Å²) in [5, 5.41) is 0. The number of imidazole rings is 1. The first-order valence-electron chi connectivity index (χ1n) is 10.1. The van der Waals surface area contributed by atoms with Crippen molar-refractivity contribution in [3.8, 4) is 34.5 Å². The number of aromatic nitrogens is 2. The van der Waals surface area contributed by atoms with Crippen LogP contribution in [0.3, 0.4) is 0 Å². The van der Waals surface area contributed by atoms with Crippen molar-refractivity contribution in [1.82, 2.24) is 9.97 Å². The van der Waals surface area contributed by atoms with E-state index in [4.69, 9.17) is 28.4 Å². The first kappa shape index (κ1) is 23.6. The van der Waals surface area contributed by atoms with E-state index in [0.29, 0.717) is 34.5 Å². The molecule has 1 aromatic heterocycles. The largest absolute Gasteiger partial charge is 0.493 e. The molecule has 0 spiro atoms. The molecule has 2 aromatic carbocycles. The molecule has 0 amide bonds. The fraction of sp³-hybridized carbons (Fsp3) is 0.240. The Balaban J connectivity index is 1.88. The van der Waals surface area contributed by atoms with E-state index in [1.165, 1.54) is 0 Å². The lowest BCUT2D eigenvalue weighted by atomic mass is 10.1. The number of ether oxygens (including phenoxy) is 6. The molecule has 8 nitrogen and oxygen atoms in total. The van der Waals surface area contributed by atoms with Crippen LogP contribution in [0.4, 0.5) is 0 Å². The molecule has 1 heterocycles. The zero-order valence-electron chi connectivity index (χ0n) is 19.6. The Morgan fingerprint density at radius 3 is 1.39 bits per heavy atom. The predicted octanol–water partition coefficient (Wildman–Crippen LogP) is 4.80. The molecule has 0 atom stereocenters. The van der Waals surface area contributed by atoms with E-state index in [2.05, 4.69) is 9.97 Å². The SMILES string of the molecule is COc1cc(C=Cc2nc[nH]c2C=Cc2cc(OC)c(OC)c(OC)c2)cc(OC)c1OC. The maximum absolute atomic E-state index is 5.42. The zero-order chi connectivity index (χ0) is 23.8. The highest BCUT2D eigenvalue weighted by Gasteiger charge is 2.13. The number of methoxy groups -OCH3 is 6. The highest BCUT2D eigenvalue weighted by molar-refractivity contribution is 5.78. The van der Waals surface area contributed by atoms with Gasteiger partial charge in [-0.05, 0) is 47.5 Å². The van der Waals surface area contributed by atoms with Gasteiger partial charge < -0.3 is 33.4 Å². The molecule has 0 saturated carbocycles. The van der Waals surface area contributed by atoms with Crippen molar-refractivity contribution in [3.63, 3.8) is 0 Å². The van der Waals surface area contributed by atoms with Crippen LogP contribution in [0, 0.1) is 0 Å². The lowest BCUT2D eigenvalue weighted by Gasteiger charge is -2.12. The van der Waals surface area contributed by atoms with E-state index in [-0.39, 0.29) is 0 Å². The lowest BCUT2D eigenvalue weighted by Crippen LogP contribution is -1.95. The van der Waals surface area contributed by atoms with Gasteiger partial charge in [0.1, 0.15) is 0 Å². The standard InChI is InChI=1S/C25H28N2O6/c1-28-20-11-16(12-21(29-2)24(20)32-5)7-9-18-19(27-15-26-18)10-8-17-13-22(30-3)25(33-6)23(14-17)31-4/h7-15H,1-6H3,(H,26,27). The Morgan fingerprint density at radius 2 is 1.00 bits per heavy atom. The Hall–Kier alpha value is -4.07. The Bertz CT molecular complexity index is 1010. The number of aromatic amines is 1. The number of hydrogen-bond donors (Lipinski definition) is 1. The van der Waals surface area contributed by atoms with Crippen LogP contribution in [0.2, 0.25) is 0 Å². The summed E-state index contributed by atoms with van der Waals surface area (Å²) in [6.07, 6.45) is 9.35. The topological polar surface area (TPSA) is 84.1 Å². The van der Waals surface area contributed by atoms with E-state index in [9.17, 15) is 0 Å². The first-order chi connectivity index (χ1) is 16.1. The molecule has 0 saturated heterocycles. The number of rotatable bonds is 10. The summed E-state index contributed by atoms with van der Waals surface area (Å²) in [5.74, 6) is 3.44. The van der Waals surface area contributed by atoms with E-state index in [1.54, 1.807) is 49.0 Å². The average molecular weight is 453 g/mol. The van der Waals surface area contributed by atoms with Crippen molar-refractivity contribution in [1.29, 1.82) is 0 Å². The molecule has 174 valence electrons. The molecule has 0 aliphatic carbocycles. The smallest absolute Gasteiger partial charge is 0.203 e. The zero-order valence-corrected chi connectivity index (χ0v) is 19.6. The number of H-pyrrole nitrogens is 1. The number of nitrogens with zero attached hydrogens (tertiary/aromatic N) is 1. The van der Waals surface area contributed by atoms with Crippen LogP contribution in [0.1, 0.15) is 22.5 Å². The van der Waals surface area contributed by atoms with Gasteiger partial charge in [-0.3, -0.25) is 0 Å². The fourth-order valence-electron chi connectivity index (χ4n) is 3.33. The van der Waals surface area contributed by atoms with Gasteiger partial charge in [-0.1, -0.05) is 12.2 Å². The molecular weight excluding hydrogens is 424 g/mol. The second-order valence-electron chi connectivity index (χ2n) is 6.79. The van der Waals surface area contributed by atoms with Crippen molar-refractivity contribution in [2.24, 2.45) is 0 Å². The van der Waals surface area contributed by atoms with Gasteiger partial charge in [-0.15, -0.1) is 0 Å². The quantitative estimate of drug-likeness (QED) is 0.473. The Labute approximate surface area is 193 Å². The highest BCUT2D eigenvalue weighted by atomic mass is 16.5. The molecule has 3 aromatic rings. The van der Waals surface area contributed by atoms with Crippen LogP contribution in [-0.4, -0.2) is 52.6 Å². The molecule has 3 rings (SSSR count). The summed E-state index contributed by atoms with van der Waals surface area (Å²) in [5.41, 5.74) is 3.38. The number of nitrogens with one attached hydrogen (secondary N) is 1. The van der Waals surface area contributed by atoms with Gasteiger partial charge in [0.05, 0.1) is 60.4 Å². The lowest BCUT2D eigenvalue weighted by molar-refractivity contribution is 0.324. The molecular formula is C25H28N2O6. The van der Waals surface area contributed by atoms with Gasteiger partial charge >= 0.3 is 0 Å². The molecule has 0 fully saturated rings. The minimum atomic E-state index is 0.547. The van der Waals surface area contributed by atoms with Crippen LogP contribution >= 0.6 is 0 Å². The van der Waals surface area contributed by atoms with Crippen LogP contribution in [0.25, 0.3) is 24.3 Å². The molecule has 1 N–H and O–H groups in total. The average Bonchev–Trinajstić information content (AvgIpc) is 3.31. The molecule has 0 unspecified atom stereocenters. The van der Waals surface area contributed by atoms with Crippen LogP contribution in [0.15, 0.2) is 30.6 Å². The van der Waals surface area contributed by atoms with Crippen LogP contribution in [0.5, 0.6) is 34.5 Å². The van der Waals surface area contributed by atoms with Crippen molar-refractivity contribution in [2.75, 3.05) is 42.7 Å². The molecule has 0 bridgehead atoms. The summed E-state index contributed by atoms with van der Waals surface area (Å²) in [7, 11) is 9.51. The third-order valence-corrected chi connectivity index (χ3v) is 4.95. The minimum absolute atomic E-state index is 0.547. The van der Waals surface area contributed by atoms with E-state index in [0.717, 1.165) is 22.5 Å². The number of hydrogen-bond acceptors (Lipinski definition) is 7. The maximum Gasteiger partial charge on any atom is 0.203 e. The highest BCUT2D eigenvalue weighted by Crippen LogP contribution is 2.39. The van der Waals surface area contributed by atoms with Gasteiger partial charge in [-0.25, -0.2) is 4.98 Å². The monoisotopic (exact) mass is 452 g/mol. The maximum atomic E-state index is 5.42. The second kappa shape index (κ2) is 11.0. The van der Waals surface area contributed by atoms with Crippen LogP contribution in [-0.2, 0) is 0 Å². The van der Waals surface area contributed by atoms with Crippen molar-refractivity contribution in [2.45, 2.75) is 0 Å². The van der Waals surface area contributed by atoms with Crippen molar-refractivity contribution < 1.29 is 28.4 Å². The van der Waals surface area contributed by atoms with Gasteiger partial charge in [-0.2, -0.15) is 0 Å². The van der Waals surface area contributed by atoms with E-state index in [1.807, 2.05) is 48.6 Å². The second-order valence-corrected chi connectivity index (χ2v) is 6.79. The summed E-state index contributed by atoms with van der Waals surface area (Å²) >= 11 is 0. The predicted molar refractivity (Wildman–Crippen MR) is 129 cm³/mol. The third kappa shape index (κ3) is 5.23. The fourth-order valence-corrected chi connectivity index (χ4v) is 3.33. The summed E-state index contributed by atoms with van der Waals surface area (Å²) < 4.78 is 32.4. The van der Waals surface area contributed by atoms with Crippen molar-refractivity contribution >= 4 is 24.3 Å². The van der Waals surface area contributed by atoms with Gasteiger partial charge in [0, 0.05) is 0 Å². The first-order valence-corrected chi connectivity index (χ1v) is 10.1. The third-order valence-electron chi connectivity index (χ3n) is 4.95. The molecule has 33 heavy (non-hydrogen) atoms. The minimum Gasteiger partial charge on any atom is -0.493 e. The van der Waals surface area contributed by atoms with Gasteiger partial charge in [0.25, 0.3) is 0 Å². The van der Waals surface area contributed by atoms with E-state index < -0.39 is 0 Å². The molecule has 0 aliphatic rings. The molecule has 0 radical (unpaired) electrons. The summed E-state index contributed by atoms with van der Waals surface area (Å²) in [6.45, 7) is 0. The normalized spacial score (nSPS) is 11.1. The molecule has 8 heteroatoms. The van der Waals surface area contributed by atoms with Crippen molar-refractivity contribution in [3.05, 3.63) is 53.1 Å².